The molecule has 0 aliphatic carbocycles. The Morgan fingerprint density at radius 3 is 2.14 bits per heavy atom. The zero-order valence-electron chi connectivity index (χ0n) is 15.9. The van der Waals surface area contributed by atoms with E-state index in [4.69, 9.17) is 23.5 Å². The van der Waals surface area contributed by atoms with Crippen molar-refractivity contribution in [2.45, 2.75) is 0 Å². The van der Waals surface area contributed by atoms with Crippen LogP contribution in [0.3, 0.4) is 0 Å². The van der Waals surface area contributed by atoms with Gasteiger partial charge in [0.15, 0.2) is 11.5 Å². The topological polar surface area (TPSA) is 92.1 Å². The van der Waals surface area contributed by atoms with Gasteiger partial charge in [-0.05, 0) is 29.8 Å². The first kappa shape index (κ1) is 19.1. The molecule has 0 aliphatic rings. The average molecular weight is 384 g/mol. The van der Waals surface area contributed by atoms with Gasteiger partial charge < -0.3 is 23.5 Å². The van der Waals surface area contributed by atoms with Crippen LogP contribution in [0.5, 0.6) is 23.0 Å². The normalized spacial score (nSPS) is 10.3. The molecule has 2 aromatic carbocycles. The van der Waals surface area contributed by atoms with Crippen LogP contribution in [0.1, 0.15) is 10.4 Å². The number of aromatic nitrogens is 1. The van der Waals surface area contributed by atoms with Gasteiger partial charge in [-0.15, -0.1) is 0 Å². The quantitative estimate of drug-likeness (QED) is 0.665. The van der Waals surface area contributed by atoms with Crippen molar-refractivity contribution >= 4 is 11.8 Å². The summed E-state index contributed by atoms with van der Waals surface area (Å²) in [7, 11) is 6.07. The molecule has 3 aromatic rings. The Bertz CT molecular complexity index is 960. The molecule has 0 fully saturated rings. The number of nitrogens with one attached hydrogen (secondary N) is 1. The Kier molecular flexibility index (Phi) is 5.69. The lowest BCUT2D eigenvalue weighted by atomic mass is 10.1. The van der Waals surface area contributed by atoms with E-state index in [2.05, 4.69) is 10.5 Å². The maximum absolute atomic E-state index is 12.9. The van der Waals surface area contributed by atoms with E-state index in [0.717, 1.165) is 5.56 Å². The summed E-state index contributed by atoms with van der Waals surface area (Å²) in [5, 5.41) is 6.52. The maximum atomic E-state index is 12.9. The molecule has 28 heavy (non-hydrogen) atoms. The monoisotopic (exact) mass is 384 g/mol. The summed E-state index contributed by atoms with van der Waals surface area (Å²) in [5.74, 6) is 1.63. The summed E-state index contributed by atoms with van der Waals surface area (Å²) in [6, 6.07) is 10.4. The van der Waals surface area contributed by atoms with E-state index >= 15 is 0 Å². The number of hydrogen-bond acceptors (Lipinski definition) is 7. The minimum absolute atomic E-state index is 0.185. The number of hydrogen-bond donors (Lipinski definition) is 1. The van der Waals surface area contributed by atoms with Crippen LogP contribution in [0.2, 0.25) is 0 Å². The lowest BCUT2D eigenvalue weighted by molar-refractivity contribution is 0.101. The van der Waals surface area contributed by atoms with E-state index in [0.29, 0.717) is 28.6 Å². The van der Waals surface area contributed by atoms with Crippen LogP contribution < -0.4 is 24.3 Å². The lowest BCUT2D eigenvalue weighted by Gasteiger charge is -2.13. The lowest BCUT2D eigenvalue weighted by Crippen LogP contribution is -2.14. The predicted octanol–water partition coefficient (Wildman–Crippen LogP) is 3.63. The molecule has 0 radical (unpaired) electrons. The van der Waals surface area contributed by atoms with Gasteiger partial charge in [0.05, 0.1) is 40.2 Å². The molecule has 0 spiro atoms. The Balaban J connectivity index is 1.95. The van der Waals surface area contributed by atoms with E-state index in [-0.39, 0.29) is 11.4 Å². The zero-order chi connectivity index (χ0) is 20.1. The zero-order valence-corrected chi connectivity index (χ0v) is 15.9. The molecule has 0 saturated carbocycles. The van der Waals surface area contributed by atoms with Crippen molar-refractivity contribution in [2.24, 2.45) is 0 Å². The molecule has 3 rings (SSSR count). The fourth-order valence-electron chi connectivity index (χ4n) is 2.78. The van der Waals surface area contributed by atoms with E-state index in [1.807, 2.05) is 6.07 Å². The molecule has 0 unspecified atom stereocenters. The first-order valence-electron chi connectivity index (χ1n) is 8.32. The molecule has 1 amide bonds. The van der Waals surface area contributed by atoms with Crippen molar-refractivity contribution in [3.05, 3.63) is 48.2 Å². The van der Waals surface area contributed by atoms with E-state index in [1.54, 1.807) is 44.6 Å². The number of rotatable bonds is 7. The van der Waals surface area contributed by atoms with Gasteiger partial charge in [-0.2, -0.15) is 0 Å². The maximum Gasteiger partial charge on any atom is 0.265 e. The molecule has 0 aliphatic heterocycles. The molecule has 0 saturated heterocycles. The third-order valence-corrected chi connectivity index (χ3v) is 4.15. The molecular weight excluding hydrogens is 364 g/mol. The molecule has 8 heteroatoms. The average Bonchev–Trinajstić information content (AvgIpc) is 3.20. The Hall–Kier alpha value is -3.68. The van der Waals surface area contributed by atoms with Gasteiger partial charge in [-0.3, -0.25) is 10.1 Å². The number of carbonyl (C=O) groups excluding carboxylic acids is 1. The van der Waals surface area contributed by atoms with Gasteiger partial charge in [0, 0.05) is 0 Å². The van der Waals surface area contributed by atoms with Gasteiger partial charge >= 0.3 is 0 Å². The Morgan fingerprint density at radius 2 is 1.54 bits per heavy atom. The fraction of sp³-hybridized carbons (Fsp3) is 0.200. The van der Waals surface area contributed by atoms with Crippen molar-refractivity contribution in [3.8, 4) is 34.1 Å². The van der Waals surface area contributed by atoms with Gasteiger partial charge in [0.25, 0.3) is 5.91 Å². The van der Waals surface area contributed by atoms with Crippen molar-refractivity contribution in [1.82, 2.24) is 5.16 Å². The highest BCUT2D eigenvalue weighted by Crippen LogP contribution is 2.36. The van der Waals surface area contributed by atoms with Crippen molar-refractivity contribution in [2.75, 3.05) is 33.8 Å². The summed E-state index contributed by atoms with van der Waals surface area (Å²) >= 11 is 0. The van der Waals surface area contributed by atoms with E-state index < -0.39 is 5.91 Å². The van der Waals surface area contributed by atoms with Crippen LogP contribution in [0.25, 0.3) is 11.1 Å². The first-order chi connectivity index (χ1) is 13.6. The number of anilines is 1. The summed E-state index contributed by atoms with van der Waals surface area (Å²) in [6.07, 6.45) is 1.51. The molecular formula is C20H20N2O6. The molecule has 1 heterocycles. The number of ether oxygens (including phenoxy) is 4. The van der Waals surface area contributed by atoms with Crippen molar-refractivity contribution in [1.29, 1.82) is 0 Å². The minimum Gasteiger partial charge on any atom is -0.496 e. The summed E-state index contributed by atoms with van der Waals surface area (Å²) in [5.41, 5.74) is 1.58. The minimum atomic E-state index is -0.451. The summed E-state index contributed by atoms with van der Waals surface area (Å²) < 4.78 is 26.4. The number of amides is 1. The molecule has 0 bridgehead atoms. The van der Waals surface area contributed by atoms with E-state index in [9.17, 15) is 4.79 Å². The number of carbonyl (C=O) groups is 1. The Morgan fingerprint density at radius 1 is 0.893 bits per heavy atom. The van der Waals surface area contributed by atoms with Crippen LogP contribution in [-0.4, -0.2) is 39.5 Å². The van der Waals surface area contributed by atoms with Crippen LogP contribution in [-0.2, 0) is 0 Å². The van der Waals surface area contributed by atoms with Crippen LogP contribution in [0.15, 0.2) is 47.1 Å². The number of methoxy groups -OCH3 is 4. The second-order valence-corrected chi connectivity index (χ2v) is 5.63. The molecule has 8 nitrogen and oxygen atoms in total. The van der Waals surface area contributed by atoms with Crippen molar-refractivity contribution < 1.29 is 28.3 Å². The van der Waals surface area contributed by atoms with Crippen LogP contribution in [0, 0.1) is 0 Å². The first-order valence-corrected chi connectivity index (χ1v) is 8.32. The van der Waals surface area contributed by atoms with Crippen LogP contribution in [0.4, 0.5) is 5.88 Å². The SMILES string of the molecule is COc1ccc(-c2cnoc2NC(=O)c2c(OC)cccc2OC)cc1OC. The fourth-order valence-corrected chi connectivity index (χ4v) is 2.78. The smallest absolute Gasteiger partial charge is 0.265 e. The van der Waals surface area contributed by atoms with Crippen LogP contribution >= 0.6 is 0 Å². The van der Waals surface area contributed by atoms with Gasteiger partial charge in [0.1, 0.15) is 17.1 Å². The predicted molar refractivity (Wildman–Crippen MR) is 103 cm³/mol. The Labute approximate surface area is 162 Å². The standard InChI is InChI=1S/C20H20N2O6/c1-24-14-9-8-12(10-17(14)27-4)13-11-21-28-20(13)22-19(23)18-15(25-2)6-5-7-16(18)26-3/h5-11H,1-4H3,(H,22,23). The number of nitrogens with zero attached hydrogens (tertiary/aromatic N) is 1. The molecule has 1 N–H and O–H groups in total. The summed E-state index contributed by atoms with van der Waals surface area (Å²) in [6.45, 7) is 0. The van der Waals surface area contributed by atoms with E-state index in [1.165, 1.54) is 20.4 Å². The number of benzene rings is 2. The summed E-state index contributed by atoms with van der Waals surface area (Å²) in [4.78, 5) is 12.9. The highest BCUT2D eigenvalue weighted by atomic mass is 16.5. The largest absolute Gasteiger partial charge is 0.496 e. The van der Waals surface area contributed by atoms with Gasteiger partial charge in [-0.25, -0.2) is 0 Å². The second kappa shape index (κ2) is 8.34. The third-order valence-electron chi connectivity index (χ3n) is 4.15. The van der Waals surface area contributed by atoms with Gasteiger partial charge in [-0.1, -0.05) is 17.3 Å². The van der Waals surface area contributed by atoms with Gasteiger partial charge in [0.2, 0.25) is 5.88 Å². The molecule has 1 aromatic heterocycles. The highest BCUT2D eigenvalue weighted by Gasteiger charge is 2.22. The highest BCUT2D eigenvalue weighted by molar-refractivity contribution is 6.08. The molecule has 146 valence electrons. The second-order valence-electron chi connectivity index (χ2n) is 5.63. The third kappa shape index (κ3) is 3.57. The molecule has 0 atom stereocenters. The van der Waals surface area contributed by atoms with Crippen molar-refractivity contribution in [3.63, 3.8) is 0 Å².